The summed E-state index contributed by atoms with van der Waals surface area (Å²) in [5, 5.41) is 8.96. The molecule has 0 N–H and O–H groups in total. The maximum absolute atomic E-state index is 5.00. The molecule has 1 aromatic carbocycles. The minimum Gasteiger partial charge on any atom is -0.351 e. The summed E-state index contributed by atoms with van der Waals surface area (Å²) in [6.07, 6.45) is 7.84. The van der Waals surface area contributed by atoms with Crippen molar-refractivity contribution in [1.29, 1.82) is 0 Å². The molecule has 6 heteroatoms. The van der Waals surface area contributed by atoms with Crippen LogP contribution in [0, 0.1) is 0 Å². The Morgan fingerprint density at radius 1 is 0.963 bits per heavy atom. The smallest absolute Gasteiger partial charge is 0.204 e. The molecule has 0 spiro atoms. The quantitative estimate of drug-likeness (QED) is 0.714. The first-order valence-electron chi connectivity index (χ1n) is 10.5. The molecule has 0 amide bonds. The molecule has 1 saturated heterocycles. The molecule has 2 aromatic heterocycles. The molecule has 0 unspecified atom stereocenters. The van der Waals surface area contributed by atoms with Crippen molar-refractivity contribution in [3.05, 3.63) is 30.1 Å². The SMILES string of the molecule is CCc1nnc2c(N3CCN(C4CCCCC4)CC3)nc3ccccc3n12. The number of nitrogens with zero attached hydrogens (tertiary/aromatic N) is 6. The fourth-order valence-electron chi connectivity index (χ4n) is 4.81. The van der Waals surface area contributed by atoms with E-state index in [-0.39, 0.29) is 0 Å². The Hall–Kier alpha value is -2.21. The highest BCUT2D eigenvalue weighted by Gasteiger charge is 2.27. The van der Waals surface area contributed by atoms with Crippen LogP contribution >= 0.6 is 0 Å². The van der Waals surface area contributed by atoms with Crippen LogP contribution in [0.1, 0.15) is 44.9 Å². The number of fused-ring (bicyclic) bond motifs is 3. The molecule has 0 radical (unpaired) electrons. The lowest BCUT2D eigenvalue weighted by atomic mass is 9.94. The van der Waals surface area contributed by atoms with Gasteiger partial charge in [-0.1, -0.05) is 38.3 Å². The van der Waals surface area contributed by atoms with Gasteiger partial charge < -0.3 is 4.90 Å². The van der Waals surface area contributed by atoms with E-state index in [1.54, 1.807) is 0 Å². The van der Waals surface area contributed by atoms with E-state index in [9.17, 15) is 0 Å². The van der Waals surface area contributed by atoms with Crippen LogP contribution < -0.4 is 4.90 Å². The number of hydrogen-bond acceptors (Lipinski definition) is 5. The van der Waals surface area contributed by atoms with Crippen molar-refractivity contribution in [1.82, 2.24) is 24.5 Å². The largest absolute Gasteiger partial charge is 0.351 e. The third kappa shape index (κ3) is 2.96. The molecule has 3 heterocycles. The topological polar surface area (TPSA) is 49.6 Å². The molecule has 2 aliphatic rings. The highest BCUT2D eigenvalue weighted by molar-refractivity contribution is 5.83. The summed E-state index contributed by atoms with van der Waals surface area (Å²) in [4.78, 5) is 10.1. The van der Waals surface area contributed by atoms with Gasteiger partial charge in [-0.15, -0.1) is 10.2 Å². The normalized spacial score (nSPS) is 20.0. The van der Waals surface area contributed by atoms with Crippen LogP contribution in [0.15, 0.2) is 24.3 Å². The molecule has 0 atom stereocenters. The van der Waals surface area contributed by atoms with E-state index >= 15 is 0 Å². The van der Waals surface area contributed by atoms with Gasteiger partial charge in [0.05, 0.1) is 11.0 Å². The summed E-state index contributed by atoms with van der Waals surface area (Å²) >= 11 is 0. The van der Waals surface area contributed by atoms with Crippen molar-refractivity contribution >= 4 is 22.5 Å². The number of aryl methyl sites for hydroxylation is 1. The van der Waals surface area contributed by atoms with Crippen LogP contribution in [0.5, 0.6) is 0 Å². The Kier molecular flexibility index (Phi) is 4.44. The summed E-state index contributed by atoms with van der Waals surface area (Å²) in [6.45, 7) is 6.42. The summed E-state index contributed by atoms with van der Waals surface area (Å²) < 4.78 is 2.20. The molecule has 3 aromatic rings. The average molecular weight is 364 g/mol. The Morgan fingerprint density at radius 2 is 1.74 bits per heavy atom. The zero-order valence-electron chi connectivity index (χ0n) is 16.1. The number of para-hydroxylation sites is 2. The Bertz CT molecular complexity index is 934. The van der Waals surface area contributed by atoms with Gasteiger partial charge in [-0.3, -0.25) is 9.30 Å². The van der Waals surface area contributed by atoms with E-state index in [0.717, 1.165) is 67.0 Å². The second-order valence-electron chi connectivity index (χ2n) is 7.87. The minimum atomic E-state index is 0.797. The number of anilines is 1. The lowest BCUT2D eigenvalue weighted by Crippen LogP contribution is -2.51. The minimum absolute atomic E-state index is 0.797. The van der Waals surface area contributed by atoms with Gasteiger partial charge >= 0.3 is 0 Å². The summed E-state index contributed by atoms with van der Waals surface area (Å²) in [5.74, 6) is 2.00. The predicted octanol–water partition coefficient (Wildman–Crippen LogP) is 3.29. The van der Waals surface area contributed by atoms with Crippen LogP contribution in [-0.4, -0.2) is 56.7 Å². The van der Waals surface area contributed by atoms with E-state index in [2.05, 4.69) is 55.6 Å². The zero-order chi connectivity index (χ0) is 18.2. The van der Waals surface area contributed by atoms with Gasteiger partial charge in [0.2, 0.25) is 5.65 Å². The molecule has 142 valence electrons. The monoisotopic (exact) mass is 364 g/mol. The van der Waals surface area contributed by atoms with Crippen molar-refractivity contribution in [3.63, 3.8) is 0 Å². The van der Waals surface area contributed by atoms with Gasteiger partial charge in [0, 0.05) is 38.6 Å². The summed E-state index contributed by atoms with van der Waals surface area (Å²) in [6, 6.07) is 9.12. The van der Waals surface area contributed by atoms with Crippen LogP contribution in [0.2, 0.25) is 0 Å². The molecule has 27 heavy (non-hydrogen) atoms. The van der Waals surface area contributed by atoms with Crippen LogP contribution in [0.4, 0.5) is 5.82 Å². The molecule has 1 saturated carbocycles. The van der Waals surface area contributed by atoms with Crippen molar-refractivity contribution < 1.29 is 0 Å². The standard InChI is InChI=1S/C21H28N6/c1-2-19-23-24-21-20(22-17-10-6-7-11-18(17)27(19)21)26-14-12-25(13-15-26)16-8-4-3-5-9-16/h6-7,10-11,16H,2-5,8-9,12-15H2,1H3. The number of aromatic nitrogens is 4. The maximum Gasteiger partial charge on any atom is 0.204 e. The highest BCUT2D eigenvalue weighted by atomic mass is 15.3. The first-order chi connectivity index (χ1) is 13.3. The molecule has 6 nitrogen and oxygen atoms in total. The number of hydrogen-bond donors (Lipinski definition) is 0. The average Bonchev–Trinajstić information content (AvgIpc) is 3.18. The molecular formula is C21H28N6. The van der Waals surface area contributed by atoms with Gasteiger partial charge in [0.1, 0.15) is 5.82 Å². The van der Waals surface area contributed by atoms with Gasteiger partial charge in [-0.05, 0) is 25.0 Å². The van der Waals surface area contributed by atoms with E-state index < -0.39 is 0 Å². The maximum atomic E-state index is 5.00. The van der Waals surface area contributed by atoms with E-state index in [1.165, 1.54) is 32.1 Å². The lowest BCUT2D eigenvalue weighted by Gasteiger charge is -2.41. The molecular weight excluding hydrogens is 336 g/mol. The van der Waals surface area contributed by atoms with Crippen molar-refractivity contribution in [3.8, 4) is 0 Å². The molecule has 1 aliphatic carbocycles. The highest BCUT2D eigenvalue weighted by Crippen LogP contribution is 2.28. The van der Waals surface area contributed by atoms with E-state index in [4.69, 9.17) is 4.98 Å². The van der Waals surface area contributed by atoms with E-state index in [0.29, 0.717) is 0 Å². The summed E-state index contributed by atoms with van der Waals surface area (Å²) in [5.41, 5.74) is 3.01. The Labute approximate surface area is 160 Å². The fraction of sp³-hybridized carbons (Fsp3) is 0.571. The second kappa shape index (κ2) is 7.08. The predicted molar refractivity (Wildman–Crippen MR) is 108 cm³/mol. The number of rotatable bonds is 3. The number of benzene rings is 1. The first kappa shape index (κ1) is 16.9. The third-order valence-corrected chi connectivity index (χ3v) is 6.30. The van der Waals surface area contributed by atoms with Crippen LogP contribution in [-0.2, 0) is 6.42 Å². The van der Waals surface area contributed by atoms with E-state index in [1.807, 2.05) is 0 Å². The Balaban J connectivity index is 1.47. The molecule has 0 bridgehead atoms. The van der Waals surface area contributed by atoms with Crippen molar-refractivity contribution in [2.75, 3.05) is 31.1 Å². The number of piperazine rings is 1. The molecule has 1 aliphatic heterocycles. The first-order valence-corrected chi connectivity index (χ1v) is 10.5. The molecule has 5 rings (SSSR count). The Morgan fingerprint density at radius 3 is 2.52 bits per heavy atom. The van der Waals surface area contributed by atoms with Crippen LogP contribution in [0.25, 0.3) is 16.7 Å². The second-order valence-corrected chi connectivity index (χ2v) is 7.87. The fourth-order valence-corrected chi connectivity index (χ4v) is 4.81. The van der Waals surface area contributed by atoms with Crippen molar-refractivity contribution in [2.45, 2.75) is 51.5 Å². The van der Waals surface area contributed by atoms with Crippen LogP contribution in [0.3, 0.4) is 0 Å². The molecule has 2 fully saturated rings. The van der Waals surface area contributed by atoms with Gasteiger partial charge in [-0.25, -0.2) is 4.98 Å². The lowest BCUT2D eigenvalue weighted by molar-refractivity contribution is 0.148. The zero-order valence-corrected chi connectivity index (χ0v) is 16.1. The summed E-state index contributed by atoms with van der Waals surface area (Å²) in [7, 11) is 0. The van der Waals surface area contributed by atoms with Crippen molar-refractivity contribution in [2.24, 2.45) is 0 Å². The van der Waals surface area contributed by atoms with Gasteiger partial charge in [0.25, 0.3) is 0 Å². The third-order valence-electron chi connectivity index (χ3n) is 6.30. The van der Waals surface area contributed by atoms with Gasteiger partial charge in [-0.2, -0.15) is 0 Å². The van der Waals surface area contributed by atoms with Gasteiger partial charge in [0.15, 0.2) is 5.82 Å².